The fourth-order valence-electron chi connectivity index (χ4n) is 3.83. The van der Waals surface area contributed by atoms with Gasteiger partial charge in [-0.15, -0.1) is 0 Å². The van der Waals surface area contributed by atoms with Crippen LogP contribution < -0.4 is 0 Å². The summed E-state index contributed by atoms with van der Waals surface area (Å²) in [6, 6.07) is 1.87. The number of hydrogen-bond acceptors (Lipinski definition) is 5. The summed E-state index contributed by atoms with van der Waals surface area (Å²) in [5, 5.41) is 0. The van der Waals surface area contributed by atoms with Gasteiger partial charge in [0.05, 0.1) is 31.1 Å². The fraction of sp³-hybridized carbons (Fsp3) is 0.538. The van der Waals surface area contributed by atoms with Crippen molar-refractivity contribution < 1.29 is 23.5 Å². The number of hydrogen-bond donors (Lipinski definition) is 0. The third kappa shape index (κ3) is 6.46. The van der Waals surface area contributed by atoms with Crippen molar-refractivity contribution in [3.8, 4) is 0 Å². The average molecular weight is 429 g/mol. The van der Waals surface area contributed by atoms with Gasteiger partial charge in [0.25, 0.3) is 0 Å². The van der Waals surface area contributed by atoms with E-state index in [2.05, 4.69) is 26.5 Å². The van der Waals surface area contributed by atoms with Crippen molar-refractivity contribution in [3.05, 3.63) is 60.1 Å². The van der Waals surface area contributed by atoms with E-state index in [0.29, 0.717) is 24.3 Å². The minimum absolute atomic E-state index is 0.120. The van der Waals surface area contributed by atoms with Gasteiger partial charge in [-0.05, 0) is 61.2 Å². The molecule has 0 unspecified atom stereocenters. The van der Waals surface area contributed by atoms with Gasteiger partial charge in [-0.2, -0.15) is 0 Å². The maximum Gasteiger partial charge on any atom is 0.338 e. The van der Waals surface area contributed by atoms with Crippen LogP contribution in [0.1, 0.15) is 71.5 Å². The Morgan fingerprint density at radius 1 is 1.39 bits per heavy atom. The molecule has 0 aromatic carbocycles. The van der Waals surface area contributed by atoms with Crippen LogP contribution in [0.5, 0.6) is 0 Å². The molecular formula is C26H36O5. The Labute approximate surface area is 186 Å². The number of methoxy groups -OCH3 is 1. The highest BCUT2D eigenvalue weighted by molar-refractivity contribution is 5.93. The maximum atomic E-state index is 12.6. The Hall–Kier alpha value is -2.56. The van der Waals surface area contributed by atoms with Crippen LogP contribution in [0.15, 0.2) is 59.0 Å². The van der Waals surface area contributed by atoms with E-state index in [-0.39, 0.29) is 29.4 Å². The molecule has 1 aliphatic carbocycles. The second-order valence-electron chi connectivity index (χ2n) is 8.90. The first-order chi connectivity index (χ1) is 14.7. The summed E-state index contributed by atoms with van der Waals surface area (Å²) in [6.07, 6.45) is 12.4. The highest BCUT2D eigenvalue weighted by Gasteiger charge is 2.36. The quantitative estimate of drug-likeness (QED) is 0.474. The second kappa shape index (κ2) is 11.2. The first-order valence-electron chi connectivity index (χ1n) is 11.1. The van der Waals surface area contributed by atoms with Crippen LogP contribution in [0.2, 0.25) is 0 Å². The van der Waals surface area contributed by atoms with E-state index in [1.165, 1.54) is 7.11 Å². The van der Waals surface area contributed by atoms with Gasteiger partial charge in [-0.25, -0.2) is 4.79 Å². The first-order valence-corrected chi connectivity index (χ1v) is 11.1. The maximum absolute atomic E-state index is 12.6. The third-order valence-corrected chi connectivity index (χ3v) is 6.68. The van der Waals surface area contributed by atoms with E-state index in [1.807, 2.05) is 26.0 Å². The molecule has 0 bridgehead atoms. The van der Waals surface area contributed by atoms with Crippen LogP contribution in [-0.4, -0.2) is 19.0 Å². The van der Waals surface area contributed by atoms with Crippen LogP contribution in [-0.2, 0) is 19.1 Å². The molecule has 2 rings (SSSR count). The highest BCUT2D eigenvalue weighted by Crippen LogP contribution is 2.44. The van der Waals surface area contributed by atoms with E-state index in [9.17, 15) is 9.59 Å². The highest BCUT2D eigenvalue weighted by atomic mass is 16.5. The van der Waals surface area contributed by atoms with E-state index in [0.717, 1.165) is 30.4 Å². The van der Waals surface area contributed by atoms with Gasteiger partial charge in [0, 0.05) is 5.56 Å². The number of rotatable bonds is 7. The summed E-state index contributed by atoms with van der Waals surface area (Å²) in [6.45, 7) is 12.4. The lowest BCUT2D eigenvalue weighted by molar-refractivity contribution is -0.156. The van der Waals surface area contributed by atoms with Crippen molar-refractivity contribution >= 4 is 11.9 Å². The van der Waals surface area contributed by atoms with Gasteiger partial charge < -0.3 is 13.9 Å². The van der Waals surface area contributed by atoms with Gasteiger partial charge in [0.1, 0.15) is 6.10 Å². The second-order valence-corrected chi connectivity index (χ2v) is 8.90. The molecule has 1 heterocycles. The normalized spacial score (nSPS) is 24.1. The molecule has 1 aromatic heterocycles. The lowest BCUT2D eigenvalue weighted by Crippen LogP contribution is -2.30. The van der Waals surface area contributed by atoms with Crippen LogP contribution >= 0.6 is 0 Å². The molecular weight excluding hydrogens is 392 g/mol. The monoisotopic (exact) mass is 428 g/mol. The summed E-state index contributed by atoms with van der Waals surface area (Å²) in [5.41, 5.74) is 2.06. The molecule has 5 heteroatoms. The van der Waals surface area contributed by atoms with Crippen molar-refractivity contribution in [2.75, 3.05) is 7.11 Å². The molecule has 1 aromatic rings. The number of esters is 2. The molecule has 1 aliphatic rings. The standard InChI is InChI=1S/C26H36O5/c1-7-18(2)24(27)31-23(21-13-15-30-17-21)16-26(5)14-9-8-10-22(25(28)29-6)19(3)11-12-20(26)4/h8-10,13,15,17-18,20,23H,3,7,11-12,14,16H2,1-2,4-6H3/t18-,20-,23-,26+/m1/s1. The summed E-state index contributed by atoms with van der Waals surface area (Å²) < 4.78 is 16.1. The predicted molar refractivity (Wildman–Crippen MR) is 121 cm³/mol. The van der Waals surface area contributed by atoms with Crippen LogP contribution in [0.25, 0.3) is 0 Å². The molecule has 4 atom stereocenters. The minimum atomic E-state index is -0.367. The Kier molecular flexibility index (Phi) is 8.90. The smallest absolute Gasteiger partial charge is 0.338 e. The van der Waals surface area contributed by atoms with Gasteiger partial charge in [-0.1, -0.05) is 46.4 Å². The molecule has 0 amide bonds. The lowest BCUT2D eigenvalue weighted by Gasteiger charge is -2.38. The zero-order chi connectivity index (χ0) is 23.0. The van der Waals surface area contributed by atoms with Crippen LogP contribution in [0.4, 0.5) is 0 Å². The Balaban J connectivity index is 2.29. The van der Waals surface area contributed by atoms with Crippen molar-refractivity contribution in [2.45, 2.75) is 65.9 Å². The Morgan fingerprint density at radius 2 is 2.13 bits per heavy atom. The zero-order valence-electron chi connectivity index (χ0n) is 19.5. The minimum Gasteiger partial charge on any atom is -0.472 e. The molecule has 0 aliphatic heterocycles. The number of ether oxygens (including phenoxy) is 2. The van der Waals surface area contributed by atoms with E-state index < -0.39 is 0 Å². The first kappa shape index (κ1) is 24.7. The lowest BCUT2D eigenvalue weighted by atomic mass is 9.68. The van der Waals surface area contributed by atoms with Gasteiger partial charge in [-0.3, -0.25) is 4.79 Å². The molecule has 170 valence electrons. The Morgan fingerprint density at radius 3 is 2.74 bits per heavy atom. The largest absolute Gasteiger partial charge is 0.472 e. The SMILES string of the molecule is C=C1CC[C@@H](C)[C@](C)(C[C@@H](OC(=O)[C@H](C)CC)c2ccoc2)CC=CC=C1C(=O)OC. The Bertz CT molecular complexity index is 817. The van der Waals surface area contributed by atoms with Crippen LogP contribution in [0.3, 0.4) is 0 Å². The molecule has 0 saturated carbocycles. The van der Waals surface area contributed by atoms with Gasteiger partial charge in [0.15, 0.2) is 0 Å². The van der Waals surface area contributed by atoms with E-state index >= 15 is 0 Å². The predicted octanol–water partition coefficient (Wildman–Crippen LogP) is 6.34. The molecule has 0 saturated heterocycles. The van der Waals surface area contributed by atoms with E-state index in [1.54, 1.807) is 18.6 Å². The van der Waals surface area contributed by atoms with Crippen molar-refractivity contribution in [3.63, 3.8) is 0 Å². The van der Waals surface area contributed by atoms with Gasteiger partial charge in [0.2, 0.25) is 0 Å². The number of furan rings is 1. The average Bonchev–Trinajstić information content (AvgIpc) is 3.30. The molecule has 5 nitrogen and oxygen atoms in total. The summed E-state index contributed by atoms with van der Waals surface area (Å²) in [5.74, 6) is -0.376. The summed E-state index contributed by atoms with van der Waals surface area (Å²) in [7, 11) is 1.38. The van der Waals surface area contributed by atoms with Crippen LogP contribution in [0, 0.1) is 17.3 Å². The molecule has 0 spiro atoms. The molecule has 0 fully saturated rings. The third-order valence-electron chi connectivity index (χ3n) is 6.68. The summed E-state index contributed by atoms with van der Waals surface area (Å²) >= 11 is 0. The van der Waals surface area contributed by atoms with Crippen molar-refractivity contribution in [1.29, 1.82) is 0 Å². The van der Waals surface area contributed by atoms with Crippen molar-refractivity contribution in [2.24, 2.45) is 17.3 Å². The van der Waals surface area contributed by atoms with Gasteiger partial charge >= 0.3 is 11.9 Å². The van der Waals surface area contributed by atoms with E-state index in [4.69, 9.17) is 13.9 Å². The summed E-state index contributed by atoms with van der Waals surface area (Å²) in [4.78, 5) is 24.6. The van der Waals surface area contributed by atoms with Crippen molar-refractivity contribution in [1.82, 2.24) is 0 Å². The molecule has 0 N–H and O–H groups in total. The topological polar surface area (TPSA) is 65.7 Å². The molecule has 0 radical (unpaired) electrons. The molecule has 31 heavy (non-hydrogen) atoms. The fourth-order valence-corrected chi connectivity index (χ4v) is 3.83. The number of carbonyl (C=O) groups is 2. The number of allylic oxidation sites excluding steroid dienone is 3. The zero-order valence-corrected chi connectivity index (χ0v) is 19.5. The number of carbonyl (C=O) groups excluding carboxylic acids is 2.